The molecule has 0 aliphatic carbocycles. The minimum atomic E-state index is -0.183. The van der Waals surface area contributed by atoms with Crippen molar-refractivity contribution in [3.05, 3.63) is 71.1 Å². The average molecular weight is 336 g/mol. The highest BCUT2D eigenvalue weighted by atomic mass is 16.5. The fraction of sp³-hybridized carbons (Fsp3) is 0.200. The Morgan fingerprint density at radius 1 is 1.12 bits per heavy atom. The Bertz CT molecular complexity index is 948. The molecular formula is C20H20N2O3. The first-order chi connectivity index (χ1) is 12.1. The molecule has 0 unspecified atom stereocenters. The normalized spacial score (nSPS) is 10.6. The van der Waals surface area contributed by atoms with Gasteiger partial charge in [0.05, 0.1) is 7.11 Å². The quantitative estimate of drug-likeness (QED) is 0.719. The molecule has 3 aromatic rings. The second-order valence-electron chi connectivity index (χ2n) is 5.68. The average Bonchev–Trinajstić information content (AvgIpc) is 2.65. The van der Waals surface area contributed by atoms with Gasteiger partial charge in [-0.15, -0.1) is 0 Å². The van der Waals surface area contributed by atoms with Gasteiger partial charge in [0.15, 0.2) is 0 Å². The van der Waals surface area contributed by atoms with Gasteiger partial charge in [-0.25, -0.2) is 0 Å². The smallest absolute Gasteiger partial charge is 0.258 e. The molecule has 0 fully saturated rings. The maximum Gasteiger partial charge on any atom is 0.258 e. The van der Waals surface area contributed by atoms with Crippen LogP contribution in [0.2, 0.25) is 0 Å². The highest BCUT2D eigenvalue weighted by Crippen LogP contribution is 2.18. The molecule has 0 bridgehead atoms. The SMILES string of the molecule is CCN(C(=O)Cn1ccc2cc(OC)ccc2c1=O)c1ccccc1. The number of ether oxygens (including phenoxy) is 1. The number of hydrogen-bond acceptors (Lipinski definition) is 3. The Morgan fingerprint density at radius 2 is 1.88 bits per heavy atom. The molecule has 3 rings (SSSR count). The van der Waals surface area contributed by atoms with E-state index in [9.17, 15) is 9.59 Å². The van der Waals surface area contributed by atoms with Crippen molar-refractivity contribution in [1.82, 2.24) is 4.57 Å². The van der Waals surface area contributed by atoms with Crippen LogP contribution in [0.3, 0.4) is 0 Å². The second-order valence-corrected chi connectivity index (χ2v) is 5.68. The van der Waals surface area contributed by atoms with Crippen LogP contribution in [0.5, 0.6) is 5.75 Å². The van der Waals surface area contributed by atoms with E-state index in [1.807, 2.05) is 49.4 Å². The molecule has 5 nitrogen and oxygen atoms in total. The monoisotopic (exact) mass is 336 g/mol. The molecular weight excluding hydrogens is 316 g/mol. The Balaban J connectivity index is 1.91. The molecule has 25 heavy (non-hydrogen) atoms. The highest BCUT2D eigenvalue weighted by Gasteiger charge is 2.15. The largest absolute Gasteiger partial charge is 0.497 e. The van der Waals surface area contributed by atoms with Gasteiger partial charge in [-0.05, 0) is 48.7 Å². The first kappa shape index (κ1) is 16.8. The molecule has 0 N–H and O–H groups in total. The van der Waals surface area contributed by atoms with Crippen molar-refractivity contribution in [2.75, 3.05) is 18.6 Å². The van der Waals surface area contributed by atoms with Gasteiger partial charge in [0, 0.05) is 23.8 Å². The molecule has 2 aromatic carbocycles. The Morgan fingerprint density at radius 3 is 2.56 bits per heavy atom. The van der Waals surface area contributed by atoms with Gasteiger partial charge in [-0.2, -0.15) is 0 Å². The van der Waals surface area contributed by atoms with Crippen molar-refractivity contribution >= 4 is 22.4 Å². The topological polar surface area (TPSA) is 51.5 Å². The number of amides is 1. The molecule has 0 aliphatic rings. The van der Waals surface area contributed by atoms with Crippen LogP contribution in [0.15, 0.2) is 65.6 Å². The number of carbonyl (C=O) groups excluding carboxylic acids is 1. The van der Waals surface area contributed by atoms with Gasteiger partial charge < -0.3 is 14.2 Å². The number of para-hydroxylation sites is 1. The van der Waals surface area contributed by atoms with E-state index >= 15 is 0 Å². The van der Waals surface area contributed by atoms with Gasteiger partial charge >= 0.3 is 0 Å². The molecule has 0 radical (unpaired) electrons. The van der Waals surface area contributed by atoms with Crippen LogP contribution in [-0.4, -0.2) is 24.1 Å². The van der Waals surface area contributed by atoms with E-state index in [2.05, 4.69) is 0 Å². The lowest BCUT2D eigenvalue weighted by Crippen LogP contribution is -2.36. The Kier molecular flexibility index (Phi) is 4.84. The van der Waals surface area contributed by atoms with Gasteiger partial charge in [-0.1, -0.05) is 18.2 Å². The van der Waals surface area contributed by atoms with Gasteiger partial charge in [0.25, 0.3) is 5.56 Å². The predicted molar refractivity (Wildman–Crippen MR) is 99.2 cm³/mol. The summed E-state index contributed by atoms with van der Waals surface area (Å²) in [4.78, 5) is 27.0. The number of methoxy groups -OCH3 is 1. The maximum absolute atomic E-state index is 12.7. The molecule has 0 saturated carbocycles. The molecule has 5 heteroatoms. The number of aromatic nitrogens is 1. The van der Waals surface area contributed by atoms with Crippen LogP contribution in [-0.2, 0) is 11.3 Å². The van der Waals surface area contributed by atoms with Crippen LogP contribution in [0.1, 0.15) is 6.92 Å². The van der Waals surface area contributed by atoms with Crippen molar-refractivity contribution in [2.24, 2.45) is 0 Å². The van der Waals surface area contributed by atoms with Crippen LogP contribution in [0, 0.1) is 0 Å². The molecule has 0 atom stereocenters. The number of rotatable bonds is 5. The minimum absolute atomic E-state index is 0.00351. The zero-order valence-corrected chi connectivity index (χ0v) is 14.3. The number of likely N-dealkylation sites (N-methyl/N-ethyl adjacent to an activating group) is 1. The summed E-state index contributed by atoms with van der Waals surface area (Å²) < 4.78 is 6.63. The van der Waals surface area contributed by atoms with Crippen LogP contribution in [0.4, 0.5) is 5.69 Å². The number of nitrogens with zero attached hydrogens (tertiary/aromatic N) is 2. The summed E-state index contributed by atoms with van der Waals surface area (Å²) in [6.07, 6.45) is 1.65. The summed E-state index contributed by atoms with van der Waals surface area (Å²) in [5.74, 6) is 0.575. The van der Waals surface area contributed by atoms with Crippen molar-refractivity contribution in [2.45, 2.75) is 13.5 Å². The minimum Gasteiger partial charge on any atom is -0.497 e. The third kappa shape index (κ3) is 3.40. The van der Waals surface area contributed by atoms with Crippen LogP contribution in [0.25, 0.3) is 10.8 Å². The number of benzene rings is 2. The highest BCUT2D eigenvalue weighted by molar-refractivity contribution is 5.93. The van der Waals surface area contributed by atoms with Crippen LogP contribution >= 0.6 is 0 Å². The standard InChI is InChI=1S/C20H20N2O3/c1-3-22(16-7-5-4-6-8-16)19(23)14-21-12-11-15-13-17(25-2)9-10-18(15)20(21)24/h4-13H,3,14H2,1-2H3. The fourth-order valence-electron chi connectivity index (χ4n) is 2.86. The maximum atomic E-state index is 12.7. The summed E-state index contributed by atoms with van der Waals surface area (Å²) in [5, 5.41) is 1.36. The van der Waals surface area contributed by atoms with E-state index in [-0.39, 0.29) is 18.0 Å². The van der Waals surface area contributed by atoms with Gasteiger partial charge in [0.2, 0.25) is 5.91 Å². The molecule has 1 heterocycles. The number of hydrogen-bond donors (Lipinski definition) is 0. The third-order valence-corrected chi connectivity index (χ3v) is 4.17. The summed E-state index contributed by atoms with van der Waals surface area (Å²) in [6.45, 7) is 2.46. The van der Waals surface area contributed by atoms with E-state index in [0.717, 1.165) is 11.1 Å². The Hall–Kier alpha value is -3.08. The molecule has 0 spiro atoms. The summed E-state index contributed by atoms with van der Waals surface area (Å²) >= 11 is 0. The van der Waals surface area contributed by atoms with E-state index in [4.69, 9.17) is 4.74 Å². The fourth-order valence-corrected chi connectivity index (χ4v) is 2.86. The lowest BCUT2D eigenvalue weighted by molar-refractivity contribution is -0.119. The van der Waals surface area contributed by atoms with Crippen LogP contribution < -0.4 is 15.2 Å². The molecule has 1 amide bonds. The lowest BCUT2D eigenvalue weighted by Gasteiger charge is -2.21. The molecule has 0 aliphatic heterocycles. The first-order valence-corrected chi connectivity index (χ1v) is 8.16. The van der Waals surface area contributed by atoms with Crippen molar-refractivity contribution in [3.63, 3.8) is 0 Å². The molecule has 1 aromatic heterocycles. The molecule has 128 valence electrons. The second kappa shape index (κ2) is 7.21. The van der Waals surface area contributed by atoms with E-state index < -0.39 is 0 Å². The number of pyridine rings is 1. The van der Waals surface area contributed by atoms with E-state index in [0.29, 0.717) is 17.7 Å². The Labute approximate surface area is 146 Å². The van der Waals surface area contributed by atoms with Crippen molar-refractivity contribution in [1.29, 1.82) is 0 Å². The lowest BCUT2D eigenvalue weighted by atomic mass is 10.1. The number of anilines is 1. The van der Waals surface area contributed by atoms with E-state index in [1.54, 1.807) is 30.3 Å². The number of fused-ring (bicyclic) bond motifs is 1. The zero-order chi connectivity index (χ0) is 17.8. The van der Waals surface area contributed by atoms with Crippen molar-refractivity contribution < 1.29 is 9.53 Å². The predicted octanol–water partition coefficient (Wildman–Crippen LogP) is 3.06. The first-order valence-electron chi connectivity index (χ1n) is 8.16. The van der Waals surface area contributed by atoms with Crippen molar-refractivity contribution in [3.8, 4) is 5.75 Å². The zero-order valence-electron chi connectivity index (χ0n) is 14.3. The van der Waals surface area contributed by atoms with E-state index in [1.165, 1.54) is 4.57 Å². The summed E-state index contributed by atoms with van der Waals surface area (Å²) in [5.41, 5.74) is 0.645. The third-order valence-electron chi connectivity index (χ3n) is 4.17. The van der Waals surface area contributed by atoms with Gasteiger partial charge in [-0.3, -0.25) is 9.59 Å². The summed E-state index contributed by atoms with van der Waals surface area (Å²) in [7, 11) is 1.59. The van der Waals surface area contributed by atoms with Gasteiger partial charge in [0.1, 0.15) is 12.3 Å². The molecule has 0 saturated heterocycles. The number of carbonyl (C=O) groups is 1. The summed E-state index contributed by atoms with van der Waals surface area (Å²) in [6, 6.07) is 16.6.